The molecule has 3 rings (SSSR count). The number of nitrogens with zero attached hydrogens (tertiary/aromatic N) is 2. The fourth-order valence-corrected chi connectivity index (χ4v) is 2.71. The molecule has 2 fully saturated rings. The lowest BCUT2D eigenvalue weighted by molar-refractivity contribution is 0.221. The van der Waals surface area contributed by atoms with Crippen LogP contribution in [0.25, 0.3) is 0 Å². The zero-order valence-corrected chi connectivity index (χ0v) is 15.9. The highest BCUT2D eigenvalue weighted by atomic mass is 32.1. The summed E-state index contributed by atoms with van der Waals surface area (Å²) in [6, 6.07) is 1.90. The molecule has 1 aromatic rings. The van der Waals surface area contributed by atoms with Crippen LogP contribution < -0.4 is 5.32 Å². The number of hydrogen-bond acceptors (Lipinski definition) is 6. The third-order valence-electron chi connectivity index (χ3n) is 3.83. The molecule has 5 nitrogen and oxygen atoms in total. The van der Waals surface area contributed by atoms with Crippen molar-refractivity contribution in [3.05, 3.63) is 18.0 Å². The van der Waals surface area contributed by atoms with Crippen LogP contribution in [-0.4, -0.2) is 33.8 Å². The third kappa shape index (κ3) is 10.1. The number of thiol groups is 1. The summed E-state index contributed by atoms with van der Waals surface area (Å²) >= 11 is 4.11. The van der Waals surface area contributed by atoms with Crippen molar-refractivity contribution < 1.29 is 9.42 Å². The minimum Gasteiger partial charge on any atom is -0.357 e. The fraction of sp³-hybridized carbons (Fsp3) is 0.750. The predicted molar refractivity (Wildman–Crippen MR) is 101 cm³/mol. The van der Waals surface area contributed by atoms with Crippen LogP contribution in [0.4, 0.5) is 5.95 Å². The Balaban J connectivity index is 0.000000191. The van der Waals surface area contributed by atoms with Gasteiger partial charge in [-0.25, -0.2) is 9.97 Å². The molecule has 0 spiro atoms. The SMILES string of the molecule is C1CCC1.CNc1nccc(CCS)n1.OPOC1CCCC1. The minimum absolute atomic E-state index is 0.308. The highest BCUT2D eigenvalue weighted by molar-refractivity contribution is 7.80. The van der Waals surface area contributed by atoms with Crippen LogP contribution in [0, 0.1) is 0 Å². The number of anilines is 1. The van der Waals surface area contributed by atoms with Gasteiger partial charge in [-0.2, -0.15) is 12.6 Å². The summed E-state index contributed by atoms with van der Waals surface area (Å²) in [6.45, 7) is 0. The lowest BCUT2D eigenvalue weighted by Crippen LogP contribution is -1.99. The van der Waals surface area contributed by atoms with Crippen molar-refractivity contribution >= 4 is 27.6 Å². The maximum absolute atomic E-state index is 8.33. The Bertz CT molecular complexity index is 399. The largest absolute Gasteiger partial charge is 0.357 e. The van der Waals surface area contributed by atoms with Gasteiger partial charge in [-0.15, -0.1) is 0 Å². The molecule has 1 aromatic heterocycles. The fourth-order valence-electron chi connectivity index (χ4n) is 2.10. The second-order valence-corrected chi connectivity index (χ2v) is 6.49. The van der Waals surface area contributed by atoms with Gasteiger partial charge >= 0.3 is 0 Å². The number of rotatable bonds is 5. The third-order valence-corrected chi connectivity index (χ3v) is 4.49. The number of nitrogens with one attached hydrogen (secondary N) is 1. The first-order valence-electron chi connectivity index (χ1n) is 8.45. The summed E-state index contributed by atoms with van der Waals surface area (Å²) in [4.78, 5) is 16.5. The van der Waals surface area contributed by atoms with Gasteiger partial charge in [0.1, 0.15) is 0 Å². The molecule has 23 heavy (non-hydrogen) atoms. The molecular formula is C16H30N3O2PS. The summed E-state index contributed by atoms with van der Waals surface area (Å²) in [5.74, 6) is 1.49. The first-order chi connectivity index (χ1) is 11.3. The molecule has 0 amide bonds. The molecule has 0 saturated heterocycles. The average molecular weight is 359 g/mol. The van der Waals surface area contributed by atoms with E-state index >= 15 is 0 Å². The van der Waals surface area contributed by atoms with Crippen molar-refractivity contribution in [1.82, 2.24) is 9.97 Å². The van der Waals surface area contributed by atoms with E-state index in [1.54, 1.807) is 13.2 Å². The van der Waals surface area contributed by atoms with Crippen LogP contribution in [0.5, 0.6) is 0 Å². The first-order valence-corrected chi connectivity index (χ1v) is 9.94. The van der Waals surface area contributed by atoms with Crippen LogP contribution in [0.2, 0.25) is 0 Å². The summed E-state index contributed by atoms with van der Waals surface area (Å²) in [7, 11) is 1.50. The van der Waals surface area contributed by atoms with Gasteiger partial charge < -0.3 is 14.7 Å². The number of hydrogen-bond donors (Lipinski definition) is 3. The number of aromatic nitrogens is 2. The zero-order valence-electron chi connectivity index (χ0n) is 14.0. The Kier molecular flexibility index (Phi) is 12.5. The lowest BCUT2D eigenvalue weighted by atomic mass is 10.0. The molecule has 132 valence electrons. The highest BCUT2D eigenvalue weighted by Crippen LogP contribution is 2.25. The summed E-state index contributed by atoms with van der Waals surface area (Å²) in [6.07, 6.45) is 13.8. The molecule has 7 heteroatoms. The zero-order chi connectivity index (χ0) is 16.8. The van der Waals surface area contributed by atoms with Crippen molar-refractivity contribution in [3.63, 3.8) is 0 Å². The topological polar surface area (TPSA) is 67.3 Å². The lowest BCUT2D eigenvalue weighted by Gasteiger charge is -2.05. The molecule has 0 bridgehead atoms. The summed E-state index contributed by atoms with van der Waals surface area (Å²) in [5.41, 5.74) is 1.03. The maximum atomic E-state index is 8.33. The predicted octanol–water partition coefficient (Wildman–Crippen LogP) is 4.00. The molecule has 0 aliphatic heterocycles. The molecule has 2 aliphatic carbocycles. The van der Waals surface area contributed by atoms with Crippen molar-refractivity contribution in [2.75, 3.05) is 18.1 Å². The van der Waals surface area contributed by atoms with Gasteiger partial charge in [0.05, 0.1) is 6.10 Å². The minimum atomic E-state index is -0.308. The maximum Gasteiger partial charge on any atom is 0.222 e. The molecule has 0 radical (unpaired) electrons. The Hall–Kier alpha value is -0.420. The molecular weight excluding hydrogens is 329 g/mol. The van der Waals surface area contributed by atoms with Crippen LogP contribution in [0.1, 0.15) is 57.1 Å². The van der Waals surface area contributed by atoms with Gasteiger partial charge in [0.15, 0.2) is 9.03 Å². The molecule has 1 atom stereocenters. The van der Waals surface area contributed by atoms with Gasteiger partial charge in [0.2, 0.25) is 5.95 Å². The van der Waals surface area contributed by atoms with Crippen LogP contribution in [-0.2, 0) is 10.9 Å². The second kappa shape index (κ2) is 14.0. The van der Waals surface area contributed by atoms with Gasteiger partial charge in [-0.3, -0.25) is 0 Å². The van der Waals surface area contributed by atoms with E-state index in [2.05, 4.69) is 27.9 Å². The van der Waals surface area contributed by atoms with E-state index in [4.69, 9.17) is 9.42 Å². The van der Waals surface area contributed by atoms with Gasteiger partial charge in [0.25, 0.3) is 0 Å². The average Bonchev–Trinajstić information content (AvgIpc) is 3.00. The van der Waals surface area contributed by atoms with Crippen molar-refractivity contribution in [1.29, 1.82) is 0 Å². The molecule has 1 heterocycles. The summed E-state index contributed by atoms with van der Waals surface area (Å²) < 4.78 is 4.99. The quantitative estimate of drug-likeness (QED) is 0.548. The van der Waals surface area contributed by atoms with E-state index in [0.29, 0.717) is 12.1 Å². The Morgan fingerprint density at radius 1 is 1.26 bits per heavy atom. The standard InChI is InChI=1S/C7H11N3S.C5H11O2P.C4H8/c1-8-7-9-4-2-6(10-7)3-5-11;6-8-7-5-3-1-2-4-5;1-2-4-3-1/h2,4,11H,3,5H2,1H3,(H,8,9,10);5-6,8H,1-4H2;1-4H2. The summed E-state index contributed by atoms with van der Waals surface area (Å²) in [5, 5.41) is 2.88. The van der Waals surface area contributed by atoms with E-state index in [-0.39, 0.29) is 9.03 Å². The van der Waals surface area contributed by atoms with Gasteiger partial charge in [-0.1, -0.05) is 38.5 Å². The molecule has 2 N–H and O–H groups in total. The van der Waals surface area contributed by atoms with E-state index < -0.39 is 0 Å². The van der Waals surface area contributed by atoms with E-state index in [1.165, 1.54) is 38.5 Å². The van der Waals surface area contributed by atoms with Gasteiger partial charge in [0, 0.05) is 18.9 Å². The van der Waals surface area contributed by atoms with Crippen LogP contribution >= 0.6 is 21.7 Å². The normalized spacial score (nSPS) is 17.0. The Labute approximate surface area is 147 Å². The smallest absolute Gasteiger partial charge is 0.222 e. The Morgan fingerprint density at radius 2 is 1.91 bits per heavy atom. The monoisotopic (exact) mass is 359 g/mol. The van der Waals surface area contributed by atoms with E-state index in [0.717, 1.165) is 30.7 Å². The Morgan fingerprint density at radius 3 is 2.39 bits per heavy atom. The van der Waals surface area contributed by atoms with E-state index in [1.807, 2.05) is 6.07 Å². The number of aryl methyl sites for hydroxylation is 1. The van der Waals surface area contributed by atoms with Crippen LogP contribution in [0.3, 0.4) is 0 Å². The van der Waals surface area contributed by atoms with Crippen molar-refractivity contribution in [2.24, 2.45) is 0 Å². The first kappa shape index (κ1) is 20.6. The van der Waals surface area contributed by atoms with Crippen LogP contribution in [0.15, 0.2) is 12.3 Å². The molecule has 1 unspecified atom stereocenters. The molecule has 2 saturated carbocycles. The van der Waals surface area contributed by atoms with Crippen molar-refractivity contribution in [2.45, 2.75) is 63.9 Å². The second-order valence-electron chi connectivity index (χ2n) is 5.63. The van der Waals surface area contributed by atoms with Crippen molar-refractivity contribution in [3.8, 4) is 0 Å². The highest BCUT2D eigenvalue weighted by Gasteiger charge is 2.14. The molecule has 2 aliphatic rings. The van der Waals surface area contributed by atoms with Gasteiger partial charge in [-0.05, 0) is 31.1 Å². The van der Waals surface area contributed by atoms with E-state index in [9.17, 15) is 0 Å². The molecule has 0 aromatic carbocycles.